The van der Waals surface area contributed by atoms with Crippen molar-refractivity contribution in [3.8, 4) is 0 Å². The van der Waals surface area contributed by atoms with Gasteiger partial charge in [0.05, 0.1) is 6.61 Å². The molecule has 0 aromatic carbocycles. The quantitative estimate of drug-likeness (QED) is 0.361. The summed E-state index contributed by atoms with van der Waals surface area (Å²) < 4.78 is 4.07. The van der Waals surface area contributed by atoms with Crippen molar-refractivity contribution in [2.75, 3.05) is 6.61 Å². The minimum absolute atomic E-state index is 0. The molecule has 0 spiro atoms. The van der Waals surface area contributed by atoms with Crippen LogP contribution in [0.3, 0.4) is 0 Å². The Morgan fingerprint density at radius 2 is 2.00 bits per heavy atom. The maximum Gasteiger partial charge on any atom is 2.00 e. The molecule has 0 fully saturated rings. The van der Waals surface area contributed by atoms with Crippen LogP contribution in [0, 0.1) is 0 Å². The molecule has 0 saturated heterocycles. The van der Waals surface area contributed by atoms with E-state index in [0.717, 1.165) is 0 Å². The molecule has 0 radical (unpaired) electrons. The fourth-order valence-electron chi connectivity index (χ4n) is 0.171. The molecule has 3 N–H and O–H groups in total. The number of hydrogen-bond donors (Lipinski definition) is 3. The van der Waals surface area contributed by atoms with Crippen molar-refractivity contribution in [3.63, 3.8) is 0 Å². The smallest absolute Gasteiger partial charge is 1.00 e. The second-order valence-electron chi connectivity index (χ2n) is 1.17. The molecular weight excluding hydrogens is 168 g/mol. The van der Waals surface area contributed by atoms with Crippen LogP contribution in [0.15, 0.2) is 12.7 Å². The van der Waals surface area contributed by atoms with Crippen molar-refractivity contribution in [3.05, 3.63) is 12.7 Å². The third kappa shape index (κ3) is 12.3. The molecule has 9 heavy (non-hydrogen) atoms. The monoisotopic (exact) mass is 178 g/mol. The average molecular weight is 178 g/mol. The molecule has 4 nitrogen and oxygen atoms in total. The Kier molecular flexibility index (Phi) is 8.21. The SMILES string of the molecule is C=CCO[Si](O)(O)O.[Ca+2].[H-].[H-]. The third-order valence-electron chi connectivity index (χ3n) is 0.395. The standard InChI is InChI=1S/C3H8O4Si.Ca.2H/c1-2-3-7-8(4,5)6;;;/h2,4-6H,1,3H2;;;/q;+2;2*-1. The summed E-state index contributed by atoms with van der Waals surface area (Å²) in [4.78, 5) is 24.4. The van der Waals surface area contributed by atoms with E-state index in [1.54, 1.807) is 0 Å². The summed E-state index contributed by atoms with van der Waals surface area (Å²) in [5, 5.41) is 0. The van der Waals surface area contributed by atoms with Crippen LogP contribution in [0.5, 0.6) is 0 Å². The normalized spacial score (nSPS) is 10.1. The van der Waals surface area contributed by atoms with E-state index in [1.807, 2.05) is 0 Å². The molecule has 0 atom stereocenters. The van der Waals surface area contributed by atoms with Crippen LogP contribution in [-0.2, 0) is 4.43 Å². The molecule has 52 valence electrons. The van der Waals surface area contributed by atoms with E-state index in [2.05, 4.69) is 11.0 Å². The molecule has 0 bridgehead atoms. The van der Waals surface area contributed by atoms with Crippen LogP contribution >= 0.6 is 0 Å². The summed E-state index contributed by atoms with van der Waals surface area (Å²) in [7, 11) is -4.25. The Bertz CT molecular complexity index is 87.9. The molecule has 0 saturated carbocycles. The zero-order valence-corrected chi connectivity index (χ0v) is 8.16. The van der Waals surface area contributed by atoms with Crippen LogP contribution < -0.4 is 0 Å². The van der Waals surface area contributed by atoms with Gasteiger partial charge in [0.15, 0.2) is 0 Å². The molecule has 0 heterocycles. The first-order valence-electron chi connectivity index (χ1n) is 1.98. The zero-order valence-electron chi connectivity index (χ0n) is 6.95. The summed E-state index contributed by atoms with van der Waals surface area (Å²) in [6.07, 6.45) is 1.31. The van der Waals surface area contributed by atoms with Crippen LogP contribution in [0.25, 0.3) is 0 Å². The van der Waals surface area contributed by atoms with Gasteiger partial charge in [-0.3, -0.25) is 0 Å². The van der Waals surface area contributed by atoms with E-state index in [9.17, 15) is 0 Å². The van der Waals surface area contributed by atoms with E-state index in [1.165, 1.54) is 6.08 Å². The van der Waals surface area contributed by atoms with Gasteiger partial charge in [-0.2, -0.15) is 0 Å². The van der Waals surface area contributed by atoms with Gasteiger partial charge < -0.3 is 21.7 Å². The second-order valence-corrected chi connectivity index (χ2v) is 2.61. The van der Waals surface area contributed by atoms with Crippen LogP contribution in [-0.4, -0.2) is 67.8 Å². The first kappa shape index (κ1) is 12.7. The predicted octanol–water partition coefficient (Wildman–Crippen LogP) is -1.55. The summed E-state index contributed by atoms with van der Waals surface area (Å²) in [6, 6.07) is 0. The topological polar surface area (TPSA) is 69.9 Å². The predicted molar refractivity (Wildman–Crippen MR) is 36.5 cm³/mol. The number of rotatable bonds is 3. The Morgan fingerprint density at radius 1 is 1.56 bits per heavy atom. The van der Waals surface area contributed by atoms with E-state index in [-0.39, 0.29) is 47.2 Å². The minimum atomic E-state index is -4.25. The van der Waals surface area contributed by atoms with Crippen LogP contribution in [0.4, 0.5) is 0 Å². The van der Waals surface area contributed by atoms with E-state index >= 15 is 0 Å². The number of hydrogen-bond acceptors (Lipinski definition) is 4. The first-order valence-corrected chi connectivity index (χ1v) is 3.73. The van der Waals surface area contributed by atoms with Crippen molar-refractivity contribution in [1.82, 2.24) is 0 Å². The summed E-state index contributed by atoms with van der Waals surface area (Å²) in [5.74, 6) is 0. The van der Waals surface area contributed by atoms with Gasteiger partial charge in [-0.15, -0.1) is 6.58 Å². The molecule has 0 aliphatic rings. The molecular formula is C3H10CaO4Si. The summed E-state index contributed by atoms with van der Waals surface area (Å²) in [6.45, 7) is 3.18. The maximum absolute atomic E-state index is 8.13. The van der Waals surface area contributed by atoms with E-state index in [4.69, 9.17) is 14.4 Å². The van der Waals surface area contributed by atoms with Crippen LogP contribution in [0.1, 0.15) is 2.85 Å². The van der Waals surface area contributed by atoms with Crippen molar-refractivity contribution < 1.29 is 21.7 Å². The molecule has 0 aromatic heterocycles. The Morgan fingerprint density at radius 3 is 2.11 bits per heavy atom. The Balaban J connectivity index is -0.0000000817. The first-order chi connectivity index (χ1) is 3.56. The summed E-state index contributed by atoms with van der Waals surface area (Å²) in [5.41, 5.74) is 0. The second kappa shape index (κ2) is 5.81. The fourth-order valence-corrected chi connectivity index (χ4v) is 0.512. The van der Waals surface area contributed by atoms with Gasteiger partial charge in [0.2, 0.25) is 0 Å². The zero-order chi connectivity index (χ0) is 6.62. The fraction of sp³-hybridized carbons (Fsp3) is 0.333. The van der Waals surface area contributed by atoms with Gasteiger partial charge in [-0.1, -0.05) is 6.08 Å². The van der Waals surface area contributed by atoms with Crippen molar-refractivity contribution >= 4 is 46.8 Å². The molecule has 0 aliphatic heterocycles. The summed E-state index contributed by atoms with van der Waals surface area (Å²) >= 11 is 0. The molecule has 0 amide bonds. The van der Waals surface area contributed by atoms with Gasteiger partial charge >= 0.3 is 46.8 Å². The van der Waals surface area contributed by atoms with Gasteiger partial charge in [-0.25, -0.2) is 0 Å². The average Bonchev–Trinajstić information content (AvgIpc) is 1.59. The Labute approximate surface area is 87.2 Å². The van der Waals surface area contributed by atoms with E-state index in [0.29, 0.717) is 0 Å². The van der Waals surface area contributed by atoms with Crippen molar-refractivity contribution in [2.24, 2.45) is 0 Å². The van der Waals surface area contributed by atoms with Crippen molar-refractivity contribution in [1.29, 1.82) is 0 Å². The molecule has 0 aromatic rings. The molecule has 0 unspecified atom stereocenters. The minimum Gasteiger partial charge on any atom is -1.00 e. The van der Waals surface area contributed by atoms with Crippen LogP contribution in [0.2, 0.25) is 0 Å². The molecule has 0 rings (SSSR count). The van der Waals surface area contributed by atoms with Gasteiger partial charge in [0.1, 0.15) is 0 Å². The Hall–Kier alpha value is 1.06. The van der Waals surface area contributed by atoms with Gasteiger partial charge in [-0.05, 0) is 0 Å². The van der Waals surface area contributed by atoms with Gasteiger partial charge in [0.25, 0.3) is 0 Å². The molecule has 6 heteroatoms. The largest absolute Gasteiger partial charge is 2.00 e. The van der Waals surface area contributed by atoms with Crippen molar-refractivity contribution in [2.45, 2.75) is 0 Å². The maximum atomic E-state index is 8.13. The van der Waals surface area contributed by atoms with E-state index < -0.39 is 9.05 Å². The molecule has 0 aliphatic carbocycles. The third-order valence-corrected chi connectivity index (χ3v) is 0.949. The van der Waals surface area contributed by atoms with Gasteiger partial charge in [0, 0.05) is 0 Å².